The predicted molar refractivity (Wildman–Crippen MR) is 111 cm³/mol. The largest absolute Gasteiger partial charge is 0.443 e. The Labute approximate surface area is 166 Å². The van der Waals surface area contributed by atoms with Gasteiger partial charge in [-0.1, -0.05) is 60.7 Å². The summed E-state index contributed by atoms with van der Waals surface area (Å²) in [7, 11) is 0. The number of amides is 2. The molecule has 2 aromatic carbocycles. The molecule has 1 unspecified atom stereocenters. The van der Waals surface area contributed by atoms with Crippen LogP contribution in [0.2, 0.25) is 0 Å². The summed E-state index contributed by atoms with van der Waals surface area (Å²) in [5.41, 5.74) is 3.49. The summed E-state index contributed by atoms with van der Waals surface area (Å²) in [6.07, 6.45) is 2.74. The Morgan fingerprint density at radius 3 is 2.21 bits per heavy atom. The normalized spacial score (nSPS) is 16.9. The third kappa shape index (κ3) is 4.69. The van der Waals surface area contributed by atoms with E-state index in [0.29, 0.717) is 12.0 Å². The van der Waals surface area contributed by atoms with Gasteiger partial charge in [0.25, 0.3) is 5.91 Å². The molecule has 0 radical (unpaired) electrons. The van der Waals surface area contributed by atoms with Gasteiger partial charge in [-0.15, -0.1) is 0 Å². The molecule has 0 aliphatic carbocycles. The van der Waals surface area contributed by atoms with E-state index in [0.717, 1.165) is 6.42 Å². The topological polar surface area (TPSA) is 46.6 Å². The van der Waals surface area contributed by atoms with Gasteiger partial charge in [-0.25, -0.2) is 9.69 Å². The van der Waals surface area contributed by atoms with Crippen molar-refractivity contribution in [1.82, 2.24) is 4.90 Å². The zero-order valence-corrected chi connectivity index (χ0v) is 16.9. The minimum absolute atomic E-state index is 0.265. The lowest BCUT2D eigenvalue weighted by atomic mass is 10.0. The molecule has 0 saturated heterocycles. The molecule has 2 amide bonds. The minimum atomic E-state index is -0.633. The molecule has 0 saturated carbocycles. The number of hydrogen-bond acceptors (Lipinski definition) is 3. The zero-order chi connectivity index (χ0) is 20.3. The fourth-order valence-electron chi connectivity index (χ4n) is 3.33. The lowest BCUT2D eigenvalue weighted by Crippen LogP contribution is -2.43. The van der Waals surface area contributed by atoms with Gasteiger partial charge in [0.05, 0.1) is 6.04 Å². The van der Waals surface area contributed by atoms with Crippen LogP contribution in [0.4, 0.5) is 4.79 Å². The highest BCUT2D eigenvalue weighted by Gasteiger charge is 2.37. The number of ether oxygens (including phenoxy) is 1. The maximum absolute atomic E-state index is 12.5. The van der Waals surface area contributed by atoms with E-state index in [4.69, 9.17) is 4.74 Å². The van der Waals surface area contributed by atoms with Crippen LogP contribution < -0.4 is 0 Å². The molecule has 0 N–H and O–H groups in total. The lowest BCUT2D eigenvalue weighted by Gasteiger charge is -2.27. The van der Waals surface area contributed by atoms with E-state index in [9.17, 15) is 9.59 Å². The monoisotopic (exact) mass is 377 g/mol. The second-order valence-electron chi connectivity index (χ2n) is 8.17. The molecule has 28 heavy (non-hydrogen) atoms. The maximum atomic E-state index is 12.5. The second-order valence-corrected chi connectivity index (χ2v) is 8.17. The van der Waals surface area contributed by atoms with Crippen LogP contribution in [0.5, 0.6) is 0 Å². The van der Waals surface area contributed by atoms with Crippen molar-refractivity contribution in [3.05, 3.63) is 71.8 Å². The van der Waals surface area contributed by atoms with Gasteiger partial charge in [0.1, 0.15) is 5.60 Å². The Bertz CT molecular complexity index is 876. The van der Waals surface area contributed by atoms with Gasteiger partial charge >= 0.3 is 6.09 Å². The second kappa shape index (κ2) is 8.01. The van der Waals surface area contributed by atoms with E-state index in [1.54, 1.807) is 27.7 Å². The Balaban J connectivity index is 1.67. The Morgan fingerprint density at radius 2 is 1.61 bits per heavy atom. The average Bonchev–Trinajstić information content (AvgIpc) is 2.94. The summed E-state index contributed by atoms with van der Waals surface area (Å²) in [5.74, 6) is -0.265. The summed E-state index contributed by atoms with van der Waals surface area (Å²) in [6.45, 7) is 7.15. The molecular formula is C24H27NO3. The summed E-state index contributed by atoms with van der Waals surface area (Å²) in [5, 5.41) is 0. The first-order valence-corrected chi connectivity index (χ1v) is 9.64. The molecule has 4 nitrogen and oxygen atoms in total. The number of carbonyl (C=O) groups is 2. The molecule has 1 aliphatic rings. The quantitative estimate of drug-likeness (QED) is 0.719. The van der Waals surface area contributed by atoms with E-state index >= 15 is 0 Å². The first kappa shape index (κ1) is 19.9. The van der Waals surface area contributed by atoms with Crippen molar-refractivity contribution in [3.8, 4) is 11.1 Å². The molecule has 3 rings (SSSR count). The fraction of sp³-hybridized carbons (Fsp3) is 0.333. The van der Waals surface area contributed by atoms with Crippen molar-refractivity contribution in [1.29, 1.82) is 0 Å². The van der Waals surface area contributed by atoms with Crippen molar-refractivity contribution in [2.75, 3.05) is 0 Å². The van der Waals surface area contributed by atoms with Crippen molar-refractivity contribution < 1.29 is 14.3 Å². The van der Waals surface area contributed by atoms with E-state index < -0.39 is 11.7 Å². The molecule has 1 heterocycles. The molecule has 0 fully saturated rings. The third-order valence-electron chi connectivity index (χ3n) is 4.71. The van der Waals surface area contributed by atoms with Gasteiger partial charge in [-0.2, -0.15) is 0 Å². The van der Waals surface area contributed by atoms with Gasteiger partial charge in [-0.05, 0) is 57.2 Å². The molecule has 0 spiro atoms. The van der Waals surface area contributed by atoms with Crippen LogP contribution in [0.1, 0.15) is 39.7 Å². The third-order valence-corrected chi connectivity index (χ3v) is 4.71. The summed E-state index contributed by atoms with van der Waals surface area (Å²) < 4.78 is 5.42. The first-order chi connectivity index (χ1) is 13.2. The summed E-state index contributed by atoms with van der Waals surface area (Å²) in [4.78, 5) is 26.2. The number of benzene rings is 2. The smallest absolute Gasteiger partial charge is 0.417 e. The van der Waals surface area contributed by atoms with Crippen LogP contribution in [0, 0.1) is 0 Å². The summed E-state index contributed by atoms with van der Waals surface area (Å²) in [6, 6.07) is 18.4. The van der Waals surface area contributed by atoms with Gasteiger partial charge < -0.3 is 4.74 Å². The van der Waals surface area contributed by atoms with E-state index in [1.165, 1.54) is 21.6 Å². The number of carbonyl (C=O) groups excluding carboxylic acids is 2. The standard InChI is InChI=1S/C24H27NO3/c1-17-16-21(25(22(17)26)23(27)28-24(2,3)4)15-12-18-10-13-20(14-11-18)19-8-6-5-7-9-19/h5-11,13-14,16,21H,12,15H2,1-4H3. The van der Waals surface area contributed by atoms with E-state index in [2.05, 4.69) is 36.4 Å². The number of nitrogens with zero attached hydrogens (tertiary/aromatic N) is 1. The molecular weight excluding hydrogens is 350 g/mol. The molecule has 146 valence electrons. The Morgan fingerprint density at radius 1 is 1.00 bits per heavy atom. The number of rotatable bonds is 4. The van der Waals surface area contributed by atoms with Crippen molar-refractivity contribution in [2.24, 2.45) is 0 Å². The van der Waals surface area contributed by atoms with Crippen LogP contribution in [-0.4, -0.2) is 28.5 Å². The number of imide groups is 1. The fourth-order valence-corrected chi connectivity index (χ4v) is 3.33. The average molecular weight is 377 g/mol. The molecule has 1 atom stereocenters. The van der Waals surface area contributed by atoms with Crippen molar-refractivity contribution >= 4 is 12.0 Å². The van der Waals surface area contributed by atoms with Crippen LogP contribution in [0.3, 0.4) is 0 Å². The Kier molecular flexibility index (Phi) is 5.68. The van der Waals surface area contributed by atoms with E-state index in [-0.39, 0.29) is 11.9 Å². The number of aryl methyl sites for hydroxylation is 1. The van der Waals surface area contributed by atoms with E-state index in [1.807, 2.05) is 24.3 Å². The molecule has 4 heteroatoms. The number of hydrogen-bond donors (Lipinski definition) is 0. The predicted octanol–water partition coefficient (Wildman–Crippen LogP) is 5.38. The molecule has 1 aliphatic heterocycles. The molecule has 0 aromatic heterocycles. The molecule has 0 bridgehead atoms. The van der Waals surface area contributed by atoms with Crippen LogP contribution >= 0.6 is 0 Å². The van der Waals surface area contributed by atoms with Gasteiger partial charge in [0.2, 0.25) is 0 Å². The minimum Gasteiger partial charge on any atom is -0.443 e. The Hall–Kier alpha value is -2.88. The maximum Gasteiger partial charge on any atom is 0.417 e. The highest BCUT2D eigenvalue weighted by molar-refractivity contribution is 6.05. The lowest BCUT2D eigenvalue weighted by molar-refractivity contribution is -0.126. The van der Waals surface area contributed by atoms with Crippen LogP contribution in [0.25, 0.3) is 11.1 Å². The van der Waals surface area contributed by atoms with Crippen molar-refractivity contribution in [2.45, 2.75) is 52.2 Å². The van der Waals surface area contributed by atoms with Gasteiger partial charge in [-0.3, -0.25) is 4.79 Å². The van der Waals surface area contributed by atoms with Crippen LogP contribution in [-0.2, 0) is 16.0 Å². The van der Waals surface area contributed by atoms with Crippen LogP contribution in [0.15, 0.2) is 66.2 Å². The van der Waals surface area contributed by atoms with Gasteiger partial charge in [0.15, 0.2) is 0 Å². The summed E-state index contributed by atoms with van der Waals surface area (Å²) >= 11 is 0. The highest BCUT2D eigenvalue weighted by Crippen LogP contribution is 2.25. The van der Waals surface area contributed by atoms with Gasteiger partial charge in [0, 0.05) is 5.57 Å². The molecule has 2 aromatic rings. The highest BCUT2D eigenvalue weighted by atomic mass is 16.6. The zero-order valence-electron chi connectivity index (χ0n) is 16.9. The SMILES string of the molecule is CC1=CC(CCc2ccc(-c3ccccc3)cc2)N(C(=O)OC(C)(C)C)C1=O. The first-order valence-electron chi connectivity index (χ1n) is 9.64. The van der Waals surface area contributed by atoms with Crippen molar-refractivity contribution in [3.63, 3.8) is 0 Å².